The van der Waals surface area contributed by atoms with E-state index in [4.69, 9.17) is 0 Å². The second kappa shape index (κ2) is 11.0. The van der Waals surface area contributed by atoms with E-state index in [0.29, 0.717) is 0 Å². The molecule has 0 bridgehead atoms. The van der Waals surface area contributed by atoms with Crippen LogP contribution in [0.5, 0.6) is 0 Å². The molecule has 29 heavy (non-hydrogen) atoms. The van der Waals surface area contributed by atoms with E-state index in [1.807, 2.05) is 36.4 Å². The number of carbonyl (C=O) groups excluding carboxylic acids is 1. The quantitative estimate of drug-likeness (QED) is 0.587. The van der Waals surface area contributed by atoms with Gasteiger partial charge in [0.15, 0.2) is 5.96 Å². The van der Waals surface area contributed by atoms with Gasteiger partial charge in [0.05, 0.1) is 6.54 Å². The Kier molecular flexibility index (Phi) is 7.83. The lowest BCUT2D eigenvalue weighted by Gasteiger charge is -2.36. The largest absolute Gasteiger partial charge is 0.347 e. The number of nitrogens with zero attached hydrogens (tertiary/aromatic N) is 3. The molecule has 0 radical (unpaired) electrons. The van der Waals surface area contributed by atoms with Gasteiger partial charge in [0.1, 0.15) is 0 Å². The van der Waals surface area contributed by atoms with Crippen LogP contribution in [0.3, 0.4) is 0 Å². The van der Waals surface area contributed by atoms with E-state index in [-0.39, 0.29) is 12.5 Å². The molecule has 1 saturated heterocycles. The van der Waals surface area contributed by atoms with Crippen molar-refractivity contribution in [3.8, 4) is 0 Å². The molecule has 6 nitrogen and oxygen atoms in total. The van der Waals surface area contributed by atoms with Crippen molar-refractivity contribution in [1.82, 2.24) is 15.1 Å². The first-order chi connectivity index (χ1) is 14.2. The summed E-state index contributed by atoms with van der Waals surface area (Å²) < 4.78 is 0. The lowest BCUT2D eigenvalue weighted by Crippen LogP contribution is -2.53. The van der Waals surface area contributed by atoms with Crippen LogP contribution >= 0.6 is 0 Å². The molecule has 1 aliphatic rings. The lowest BCUT2D eigenvalue weighted by molar-refractivity contribution is -0.115. The molecule has 1 amide bonds. The number of aliphatic imine (C=N–C) groups is 1. The predicted molar refractivity (Wildman–Crippen MR) is 120 cm³/mol. The van der Waals surface area contributed by atoms with E-state index in [0.717, 1.165) is 44.4 Å². The van der Waals surface area contributed by atoms with Gasteiger partial charge in [-0.05, 0) is 17.7 Å². The summed E-state index contributed by atoms with van der Waals surface area (Å²) in [5.41, 5.74) is 2.02. The zero-order chi connectivity index (χ0) is 20.3. The summed E-state index contributed by atoms with van der Waals surface area (Å²) in [5.74, 6) is 0.690. The molecule has 1 heterocycles. The van der Waals surface area contributed by atoms with Crippen molar-refractivity contribution in [2.24, 2.45) is 4.99 Å². The Hall–Kier alpha value is -3.12. The van der Waals surface area contributed by atoms with Gasteiger partial charge in [-0.3, -0.25) is 14.7 Å². The Balaban J connectivity index is 1.39. The van der Waals surface area contributed by atoms with Crippen molar-refractivity contribution in [1.29, 1.82) is 0 Å². The van der Waals surface area contributed by atoms with Crippen molar-refractivity contribution in [3.63, 3.8) is 0 Å². The maximum Gasteiger partial charge on any atom is 0.243 e. The topological polar surface area (TPSA) is 60.0 Å². The highest BCUT2D eigenvalue weighted by atomic mass is 16.1. The summed E-state index contributed by atoms with van der Waals surface area (Å²) in [6.07, 6.45) is 4.38. The molecule has 2 aromatic rings. The van der Waals surface area contributed by atoms with E-state index in [1.54, 1.807) is 7.05 Å². The number of hydrogen-bond acceptors (Lipinski definition) is 3. The molecule has 2 aromatic carbocycles. The van der Waals surface area contributed by atoms with Crippen molar-refractivity contribution in [2.75, 3.05) is 51.6 Å². The van der Waals surface area contributed by atoms with Crippen molar-refractivity contribution < 1.29 is 4.79 Å². The highest BCUT2D eigenvalue weighted by molar-refractivity contribution is 5.94. The maximum atomic E-state index is 12.1. The minimum atomic E-state index is -0.0814. The molecule has 1 aliphatic heterocycles. The second-order valence-corrected chi connectivity index (χ2v) is 6.92. The number of piperazine rings is 1. The fourth-order valence-electron chi connectivity index (χ4n) is 3.26. The summed E-state index contributed by atoms with van der Waals surface area (Å²) in [5, 5.41) is 6.05. The van der Waals surface area contributed by atoms with Gasteiger partial charge in [-0.2, -0.15) is 0 Å². The first kappa shape index (κ1) is 20.6. The van der Waals surface area contributed by atoms with Gasteiger partial charge < -0.3 is 15.5 Å². The fourth-order valence-corrected chi connectivity index (χ4v) is 3.26. The van der Waals surface area contributed by atoms with Gasteiger partial charge in [-0.1, -0.05) is 60.7 Å². The van der Waals surface area contributed by atoms with Gasteiger partial charge in [0, 0.05) is 45.5 Å². The SMILES string of the molecule is CN=C(NCC(=O)Nc1ccccc1)N1CCN(C/C=C/c2ccccc2)CC1. The van der Waals surface area contributed by atoms with Crippen molar-refractivity contribution in [3.05, 3.63) is 72.3 Å². The van der Waals surface area contributed by atoms with E-state index in [9.17, 15) is 4.79 Å². The second-order valence-electron chi connectivity index (χ2n) is 6.92. The first-order valence-corrected chi connectivity index (χ1v) is 9.99. The third kappa shape index (κ3) is 6.76. The molecule has 3 rings (SSSR count). The van der Waals surface area contributed by atoms with Gasteiger partial charge in [0.2, 0.25) is 5.91 Å². The Bertz CT molecular complexity index is 812. The average molecular weight is 392 g/mol. The molecule has 0 aromatic heterocycles. The summed E-state index contributed by atoms with van der Waals surface area (Å²) in [6, 6.07) is 19.8. The first-order valence-electron chi connectivity index (χ1n) is 9.99. The van der Waals surface area contributed by atoms with Crippen LogP contribution in [-0.2, 0) is 4.79 Å². The maximum absolute atomic E-state index is 12.1. The molecule has 1 fully saturated rings. The minimum absolute atomic E-state index is 0.0814. The fraction of sp³-hybridized carbons (Fsp3) is 0.304. The van der Waals surface area contributed by atoms with Crippen LogP contribution in [0.4, 0.5) is 5.69 Å². The smallest absolute Gasteiger partial charge is 0.243 e. The summed E-state index contributed by atoms with van der Waals surface area (Å²) in [6.45, 7) is 4.85. The van der Waals surface area contributed by atoms with Crippen molar-refractivity contribution >= 4 is 23.6 Å². The molecule has 0 aliphatic carbocycles. The zero-order valence-corrected chi connectivity index (χ0v) is 16.9. The standard InChI is InChI=1S/C23H29N5O/c1-24-23(25-19-22(29)26-21-12-6-3-7-13-21)28-17-15-27(16-18-28)14-8-11-20-9-4-2-5-10-20/h2-13H,14-19H2,1H3,(H,24,25)(H,26,29)/b11-8+. The summed E-state index contributed by atoms with van der Waals surface area (Å²) >= 11 is 0. The lowest BCUT2D eigenvalue weighted by atomic mass is 10.2. The number of para-hydroxylation sites is 1. The molecule has 2 N–H and O–H groups in total. The molecule has 0 spiro atoms. The van der Waals surface area contributed by atoms with Crippen molar-refractivity contribution in [2.45, 2.75) is 0 Å². The van der Waals surface area contributed by atoms with Crippen LogP contribution in [0.1, 0.15) is 5.56 Å². The number of carbonyl (C=O) groups is 1. The van der Waals surface area contributed by atoms with Crippen LogP contribution in [0.2, 0.25) is 0 Å². The van der Waals surface area contributed by atoms with Crippen LogP contribution in [0, 0.1) is 0 Å². The number of rotatable bonds is 6. The molecule has 152 valence electrons. The number of amides is 1. The van der Waals surface area contributed by atoms with E-state index in [2.05, 4.69) is 61.8 Å². The number of hydrogen-bond donors (Lipinski definition) is 2. The highest BCUT2D eigenvalue weighted by Gasteiger charge is 2.19. The minimum Gasteiger partial charge on any atom is -0.347 e. The van der Waals surface area contributed by atoms with E-state index in [1.165, 1.54) is 5.56 Å². The number of guanidine groups is 1. The Morgan fingerprint density at radius 1 is 1.00 bits per heavy atom. The number of anilines is 1. The normalized spacial score (nSPS) is 15.5. The molecular formula is C23H29N5O. The highest BCUT2D eigenvalue weighted by Crippen LogP contribution is 2.06. The van der Waals surface area contributed by atoms with Crippen LogP contribution in [0.25, 0.3) is 6.08 Å². The van der Waals surface area contributed by atoms with Gasteiger partial charge in [0.25, 0.3) is 0 Å². The van der Waals surface area contributed by atoms with Gasteiger partial charge >= 0.3 is 0 Å². The van der Waals surface area contributed by atoms with Crippen LogP contribution < -0.4 is 10.6 Å². The average Bonchev–Trinajstić information content (AvgIpc) is 2.76. The predicted octanol–water partition coefficient (Wildman–Crippen LogP) is 2.53. The van der Waals surface area contributed by atoms with E-state index >= 15 is 0 Å². The molecule has 0 unspecified atom stereocenters. The Morgan fingerprint density at radius 2 is 1.66 bits per heavy atom. The molecular weight excluding hydrogens is 362 g/mol. The Labute approximate surface area is 172 Å². The molecule has 0 saturated carbocycles. The van der Waals surface area contributed by atoms with Crippen LogP contribution in [-0.4, -0.2) is 68.0 Å². The third-order valence-electron chi connectivity index (χ3n) is 4.82. The number of nitrogens with one attached hydrogen (secondary N) is 2. The Morgan fingerprint density at radius 3 is 2.31 bits per heavy atom. The molecule has 6 heteroatoms. The molecule has 0 atom stereocenters. The van der Waals surface area contributed by atoms with Gasteiger partial charge in [-0.15, -0.1) is 0 Å². The van der Waals surface area contributed by atoms with Crippen LogP contribution in [0.15, 0.2) is 71.7 Å². The van der Waals surface area contributed by atoms with Gasteiger partial charge in [-0.25, -0.2) is 0 Å². The third-order valence-corrected chi connectivity index (χ3v) is 4.82. The van der Waals surface area contributed by atoms with E-state index < -0.39 is 0 Å². The zero-order valence-electron chi connectivity index (χ0n) is 16.9. The summed E-state index contributed by atoms with van der Waals surface area (Å²) in [4.78, 5) is 21.1. The summed E-state index contributed by atoms with van der Waals surface area (Å²) in [7, 11) is 1.76. The monoisotopic (exact) mass is 391 g/mol. The number of benzene rings is 2.